The maximum absolute atomic E-state index is 13.7. The summed E-state index contributed by atoms with van der Waals surface area (Å²) in [7, 11) is 0. The minimum Gasteiger partial charge on any atom is -0.465 e. The van der Waals surface area contributed by atoms with Crippen LogP contribution in [0.4, 0.5) is 0 Å². The molecular weight excluding hydrogens is 424 g/mol. The number of hydrogen-bond donors (Lipinski definition) is 0. The van der Waals surface area contributed by atoms with Gasteiger partial charge in [0.2, 0.25) is 0 Å². The van der Waals surface area contributed by atoms with Crippen LogP contribution in [0, 0.1) is 38.9 Å². The molecule has 4 rings (SSSR count). The van der Waals surface area contributed by atoms with Gasteiger partial charge in [-0.1, -0.05) is 73.5 Å². The first-order chi connectivity index (χ1) is 15.7. The van der Waals surface area contributed by atoms with Crippen molar-refractivity contribution in [3.05, 3.63) is 23.3 Å². The Morgan fingerprint density at radius 3 is 1.65 bits per heavy atom. The van der Waals surface area contributed by atoms with E-state index < -0.39 is 5.41 Å². The van der Waals surface area contributed by atoms with E-state index in [9.17, 15) is 14.4 Å². The lowest BCUT2D eigenvalue weighted by atomic mass is 9.70. The molecule has 0 spiro atoms. The van der Waals surface area contributed by atoms with E-state index >= 15 is 0 Å². The maximum Gasteiger partial charge on any atom is 0.319 e. The molecule has 5 unspecified atom stereocenters. The smallest absolute Gasteiger partial charge is 0.319 e. The number of hydrogen-bond acceptors (Lipinski definition) is 4. The molecule has 4 heteroatoms. The van der Waals surface area contributed by atoms with Crippen LogP contribution >= 0.6 is 0 Å². The van der Waals surface area contributed by atoms with E-state index in [0.717, 1.165) is 49.7 Å². The summed E-state index contributed by atoms with van der Waals surface area (Å²) in [6, 6.07) is 0. The molecule has 0 aromatic heterocycles. The summed E-state index contributed by atoms with van der Waals surface area (Å²) in [5, 5.41) is 0. The Morgan fingerprint density at radius 1 is 0.882 bits per heavy atom. The lowest BCUT2D eigenvalue weighted by molar-refractivity contribution is -0.150. The summed E-state index contributed by atoms with van der Waals surface area (Å²) >= 11 is 0. The molecule has 4 aliphatic carbocycles. The van der Waals surface area contributed by atoms with Crippen LogP contribution in [0.1, 0.15) is 100 Å². The third-order valence-electron chi connectivity index (χ3n) is 11.2. The van der Waals surface area contributed by atoms with Gasteiger partial charge in [-0.05, 0) is 72.8 Å². The molecular formula is C30H44O4. The molecule has 188 valence electrons. The van der Waals surface area contributed by atoms with Gasteiger partial charge in [0.05, 0.1) is 6.61 Å². The monoisotopic (exact) mass is 468 g/mol. The molecule has 0 radical (unpaired) electrons. The van der Waals surface area contributed by atoms with Crippen molar-refractivity contribution in [2.24, 2.45) is 38.9 Å². The lowest BCUT2D eigenvalue weighted by Gasteiger charge is -2.31. The largest absolute Gasteiger partial charge is 0.465 e. The Labute approximate surface area is 206 Å². The van der Waals surface area contributed by atoms with E-state index in [1.165, 1.54) is 0 Å². The fourth-order valence-corrected chi connectivity index (χ4v) is 7.88. The fourth-order valence-electron chi connectivity index (χ4n) is 7.88. The molecule has 0 N–H and O–H groups in total. The molecule has 4 fully saturated rings. The topological polar surface area (TPSA) is 60.4 Å². The normalized spacial score (nSPS) is 39.3. The second-order valence-corrected chi connectivity index (χ2v) is 13.0. The molecule has 0 aromatic rings. The summed E-state index contributed by atoms with van der Waals surface area (Å²) in [4.78, 5) is 41.1. The van der Waals surface area contributed by atoms with Gasteiger partial charge in [0.15, 0.2) is 11.6 Å². The van der Waals surface area contributed by atoms with E-state index in [-0.39, 0.29) is 57.6 Å². The van der Waals surface area contributed by atoms with E-state index in [1.807, 2.05) is 19.1 Å². The number of esters is 1. The van der Waals surface area contributed by atoms with Crippen LogP contribution < -0.4 is 0 Å². The van der Waals surface area contributed by atoms with Crippen molar-refractivity contribution in [2.45, 2.75) is 100 Å². The highest BCUT2D eigenvalue weighted by Gasteiger charge is 2.66. The van der Waals surface area contributed by atoms with Crippen LogP contribution in [0.5, 0.6) is 0 Å². The highest BCUT2D eigenvalue weighted by molar-refractivity contribution is 6.07. The first-order valence-corrected chi connectivity index (χ1v) is 13.5. The van der Waals surface area contributed by atoms with Crippen LogP contribution in [0.25, 0.3) is 0 Å². The zero-order valence-corrected chi connectivity index (χ0v) is 22.6. The zero-order chi connectivity index (χ0) is 25.3. The maximum atomic E-state index is 13.7. The van der Waals surface area contributed by atoms with Gasteiger partial charge in [-0.3, -0.25) is 14.4 Å². The second-order valence-electron chi connectivity index (χ2n) is 13.0. The summed E-state index contributed by atoms with van der Waals surface area (Å²) < 4.78 is 5.66. The third kappa shape index (κ3) is 3.05. The highest BCUT2D eigenvalue weighted by Crippen LogP contribution is 2.67. The second kappa shape index (κ2) is 7.90. The van der Waals surface area contributed by atoms with Gasteiger partial charge in [0.1, 0.15) is 5.41 Å². The number of carbonyl (C=O) groups excluding carboxylic acids is 3. The summed E-state index contributed by atoms with van der Waals surface area (Å²) in [6.07, 6.45) is 9.97. The quantitative estimate of drug-likeness (QED) is 0.311. The number of ketones is 2. The molecule has 4 bridgehead atoms. The molecule has 34 heavy (non-hydrogen) atoms. The standard InChI is InChI=1S/C30H44O4/c1-9-11-14-30(25(33)34-10-2,17-19-21-12-15-28(7,23(19)31)26(21,3)4)18-20-22-13-16-29(8,24(20)32)27(22,5)6/h17-18,21-22H,9-16H2,1-8H3/b19-17-,20-18?. The van der Waals surface area contributed by atoms with E-state index in [1.54, 1.807) is 0 Å². The number of carbonyl (C=O) groups is 3. The molecule has 0 heterocycles. The summed E-state index contributed by atoms with van der Waals surface area (Å²) in [5.74, 6) is 0.334. The van der Waals surface area contributed by atoms with Gasteiger partial charge >= 0.3 is 5.97 Å². The summed E-state index contributed by atoms with van der Waals surface area (Å²) in [5.41, 5.74) is -0.533. The number of rotatable bonds is 7. The number of allylic oxidation sites excluding steroid dienone is 2. The molecule has 4 aliphatic rings. The summed E-state index contributed by atoms with van der Waals surface area (Å²) in [6.45, 7) is 17.2. The van der Waals surface area contributed by atoms with Gasteiger partial charge in [-0.2, -0.15) is 0 Å². The Kier molecular flexibility index (Phi) is 5.90. The van der Waals surface area contributed by atoms with E-state index in [0.29, 0.717) is 6.42 Å². The zero-order valence-electron chi connectivity index (χ0n) is 22.6. The van der Waals surface area contributed by atoms with Gasteiger partial charge in [-0.15, -0.1) is 0 Å². The molecule has 0 aromatic carbocycles. The van der Waals surface area contributed by atoms with Gasteiger partial charge in [0, 0.05) is 10.8 Å². The SMILES string of the molecule is CCCCC(C=C1C(=O)C2(C)CCC1C2(C)C)(/C=C1\C(=O)C2(C)CCC1C2(C)C)C(=O)OCC. The Balaban J connectivity index is 1.90. The van der Waals surface area contributed by atoms with Gasteiger partial charge < -0.3 is 4.74 Å². The highest BCUT2D eigenvalue weighted by atomic mass is 16.5. The number of ether oxygens (including phenoxy) is 1. The van der Waals surface area contributed by atoms with Crippen LogP contribution in [-0.4, -0.2) is 24.1 Å². The number of Topliss-reactive ketones (excluding diaryl/α,β-unsaturated/α-hetero) is 2. The molecule has 4 saturated carbocycles. The Morgan fingerprint density at radius 2 is 1.32 bits per heavy atom. The first kappa shape index (κ1) is 25.4. The van der Waals surface area contributed by atoms with Crippen molar-refractivity contribution in [3.8, 4) is 0 Å². The fraction of sp³-hybridized carbons (Fsp3) is 0.767. The van der Waals surface area contributed by atoms with Gasteiger partial charge in [-0.25, -0.2) is 0 Å². The molecule has 5 atom stereocenters. The van der Waals surface area contributed by atoms with Crippen LogP contribution in [0.2, 0.25) is 0 Å². The molecule has 0 aliphatic heterocycles. The third-order valence-corrected chi connectivity index (χ3v) is 11.2. The van der Waals surface area contributed by atoms with Crippen molar-refractivity contribution < 1.29 is 19.1 Å². The average molecular weight is 469 g/mol. The van der Waals surface area contributed by atoms with E-state index in [4.69, 9.17) is 4.74 Å². The first-order valence-electron chi connectivity index (χ1n) is 13.5. The molecule has 0 saturated heterocycles. The van der Waals surface area contributed by atoms with Crippen molar-refractivity contribution >= 4 is 17.5 Å². The van der Waals surface area contributed by atoms with Crippen LogP contribution in [0.3, 0.4) is 0 Å². The number of unbranched alkanes of at least 4 members (excludes halogenated alkanes) is 1. The van der Waals surface area contributed by atoms with Crippen LogP contribution in [0.15, 0.2) is 23.3 Å². The van der Waals surface area contributed by atoms with Gasteiger partial charge in [0.25, 0.3) is 0 Å². The van der Waals surface area contributed by atoms with Crippen molar-refractivity contribution in [3.63, 3.8) is 0 Å². The lowest BCUT2D eigenvalue weighted by Crippen LogP contribution is -2.34. The van der Waals surface area contributed by atoms with Crippen molar-refractivity contribution in [2.75, 3.05) is 6.61 Å². The Bertz CT molecular complexity index is 916. The van der Waals surface area contributed by atoms with Crippen molar-refractivity contribution in [1.82, 2.24) is 0 Å². The number of fused-ring (bicyclic) bond motifs is 4. The Hall–Kier alpha value is -1.71. The van der Waals surface area contributed by atoms with E-state index in [2.05, 4.69) is 48.5 Å². The minimum atomic E-state index is -1.07. The predicted molar refractivity (Wildman–Crippen MR) is 134 cm³/mol. The average Bonchev–Trinajstić information content (AvgIpc) is 3.25. The minimum absolute atomic E-state index is 0.133. The molecule has 0 amide bonds. The van der Waals surface area contributed by atoms with Crippen LogP contribution in [-0.2, 0) is 19.1 Å². The van der Waals surface area contributed by atoms with Crippen molar-refractivity contribution in [1.29, 1.82) is 0 Å². The predicted octanol–water partition coefficient (Wildman–Crippen LogP) is 6.63. The molecule has 4 nitrogen and oxygen atoms in total.